The first-order valence-electron chi connectivity index (χ1n) is 7.68. The van der Waals surface area contributed by atoms with E-state index in [0.717, 1.165) is 24.1 Å². The standard InChI is InChI=1S/C19H24N2O/c1-4-15-8-10-16(11-9-15)13-20-19(22)18-7-5-6-17(12-18)14-21(2)3/h5-12H,4,13-14H2,1-3H3,(H,20,22). The van der Waals surface area contributed by atoms with Crippen LogP contribution in [0.3, 0.4) is 0 Å². The molecule has 0 saturated carbocycles. The lowest BCUT2D eigenvalue weighted by atomic mass is 10.1. The van der Waals surface area contributed by atoms with Crippen LogP contribution in [0.2, 0.25) is 0 Å². The molecule has 0 radical (unpaired) electrons. The largest absolute Gasteiger partial charge is 0.348 e. The maximum absolute atomic E-state index is 12.3. The smallest absolute Gasteiger partial charge is 0.251 e. The zero-order valence-corrected chi connectivity index (χ0v) is 13.6. The van der Waals surface area contributed by atoms with Crippen LogP contribution in [0.1, 0.15) is 34.0 Å². The number of amides is 1. The molecular weight excluding hydrogens is 272 g/mol. The number of carbonyl (C=O) groups is 1. The van der Waals surface area contributed by atoms with Crippen LogP contribution in [0.4, 0.5) is 0 Å². The Bertz CT molecular complexity index is 618. The molecule has 22 heavy (non-hydrogen) atoms. The second-order valence-corrected chi connectivity index (χ2v) is 5.79. The van der Waals surface area contributed by atoms with E-state index in [1.165, 1.54) is 5.56 Å². The van der Waals surface area contributed by atoms with Crippen molar-refractivity contribution in [3.8, 4) is 0 Å². The fraction of sp³-hybridized carbons (Fsp3) is 0.316. The summed E-state index contributed by atoms with van der Waals surface area (Å²) in [6.45, 7) is 3.53. The van der Waals surface area contributed by atoms with E-state index < -0.39 is 0 Å². The maximum Gasteiger partial charge on any atom is 0.251 e. The third-order valence-corrected chi connectivity index (χ3v) is 3.57. The fourth-order valence-electron chi connectivity index (χ4n) is 2.35. The minimum Gasteiger partial charge on any atom is -0.348 e. The summed E-state index contributed by atoms with van der Waals surface area (Å²) < 4.78 is 0. The minimum absolute atomic E-state index is 0.0276. The van der Waals surface area contributed by atoms with Crippen molar-refractivity contribution in [2.45, 2.75) is 26.4 Å². The highest BCUT2D eigenvalue weighted by Gasteiger charge is 2.06. The van der Waals surface area contributed by atoms with Crippen LogP contribution in [-0.2, 0) is 19.5 Å². The van der Waals surface area contributed by atoms with Crippen LogP contribution in [-0.4, -0.2) is 24.9 Å². The average molecular weight is 296 g/mol. The highest BCUT2D eigenvalue weighted by molar-refractivity contribution is 5.94. The monoisotopic (exact) mass is 296 g/mol. The number of hydrogen-bond acceptors (Lipinski definition) is 2. The summed E-state index contributed by atoms with van der Waals surface area (Å²) >= 11 is 0. The molecule has 0 heterocycles. The van der Waals surface area contributed by atoms with Gasteiger partial charge in [0.1, 0.15) is 0 Å². The van der Waals surface area contributed by atoms with E-state index in [-0.39, 0.29) is 5.91 Å². The number of nitrogens with zero attached hydrogens (tertiary/aromatic N) is 1. The molecule has 0 unspecified atom stereocenters. The van der Waals surface area contributed by atoms with Gasteiger partial charge in [-0.1, -0.05) is 43.3 Å². The molecule has 2 rings (SSSR count). The topological polar surface area (TPSA) is 32.3 Å². The van der Waals surface area contributed by atoms with E-state index in [9.17, 15) is 4.79 Å². The third-order valence-electron chi connectivity index (χ3n) is 3.57. The first-order valence-corrected chi connectivity index (χ1v) is 7.68. The molecule has 2 aromatic carbocycles. The molecule has 0 aromatic heterocycles. The van der Waals surface area contributed by atoms with Crippen molar-refractivity contribution in [1.82, 2.24) is 10.2 Å². The predicted molar refractivity (Wildman–Crippen MR) is 90.8 cm³/mol. The third kappa shape index (κ3) is 4.71. The Morgan fingerprint density at radius 2 is 1.68 bits per heavy atom. The normalized spacial score (nSPS) is 10.7. The zero-order valence-electron chi connectivity index (χ0n) is 13.6. The summed E-state index contributed by atoms with van der Waals surface area (Å²) in [7, 11) is 4.04. The molecule has 116 valence electrons. The fourth-order valence-corrected chi connectivity index (χ4v) is 2.35. The van der Waals surface area contributed by atoms with E-state index in [4.69, 9.17) is 0 Å². The van der Waals surface area contributed by atoms with E-state index in [1.807, 2.05) is 38.4 Å². The lowest BCUT2D eigenvalue weighted by Gasteiger charge is -2.11. The number of carbonyl (C=O) groups excluding carboxylic acids is 1. The minimum atomic E-state index is -0.0276. The second kappa shape index (κ2) is 7.76. The molecule has 0 fully saturated rings. The van der Waals surface area contributed by atoms with Crippen molar-refractivity contribution in [2.75, 3.05) is 14.1 Å². The van der Waals surface area contributed by atoms with Gasteiger partial charge in [0.05, 0.1) is 0 Å². The molecule has 3 nitrogen and oxygen atoms in total. The van der Waals surface area contributed by atoms with Crippen molar-refractivity contribution in [3.63, 3.8) is 0 Å². The van der Waals surface area contributed by atoms with Crippen LogP contribution in [0.15, 0.2) is 48.5 Å². The predicted octanol–water partition coefficient (Wildman–Crippen LogP) is 3.24. The van der Waals surface area contributed by atoms with Crippen LogP contribution < -0.4 is 5.32 Å². The first-order chi connectivity index (χ1) is 10.6. The van der Waals surface area contributed by atoms with Gasteiger partial charge < -0.3 is 10.2 Å². The highest BCUT2D eigenvalue weighted by atomic mass is 16.1. The summed E-state index contributed by atoms with van der Waals surface area (Å²) in [6, 6.07) is 16.1. The van der Waals surface area contributed by atoms with E-state index in [2.05, 4.69) is 41.4 Å². The second-order valence-electron chi connectivity index (χ2n) is 5.79. The van der Waals surface area contributed by atoms with Gasteiger partial charge in [0, 0.05) is 18.7 Å². The molecule has 3 heteroatoms. The molecule has 1 amide bonds. The molecule has 0 atom stereocenters. The Labute approximate surface area is 133 Å². The molecule has 0 bridgehead atoms. The van der Waals surface area contributed by atoms with Crippen molar-refractivity contribution < 1.29 is 4.79 Å². The van der Waals surface area contributed by atoms with Crippen molar-refractivity contribution in [3.05, 3.63) is 70.8 Å². The molecular formula is C19H24N2O. The number of rotatable bonds is 6. The maximum atomic E-state index is 12.3. The van der Waals surface area contributed by atoms with Gasteiger partial charge in [-0.15, -0.1) is 0 Å². The Morgan fingerprint density at radius 1 is 1.00 bits per heavy atom. The lowest BCUT2D eigenvalue weighted by molar-refractivity contribution is 0.0950. The van der Waals surface area contributed by atoms with E-state index in [0.29, 0.717) is 12.1 Å². The van der Waals surface area contributed by atoms with E-state index in [1.54, 1.807) is 0 Å². The molecule has 0 aliphatic carbocycles. The Kier molecular flexibility index (Phi) is 5.73. The van der Waals surface area contributed by atoms with Gasteiger partial charge >= 0.3 is 0 Å². The number of hydrogen-bond donors (Lipinski definition) is 1. The van der Waals surface area contributed by atoms with Gasteiger partial charge in [0.15, 0.2) is 0 Å². The summed E-state index contributed by atoms with van der Waals surface area (Å²) in [5.74, 6) is -0.0276. The Balaban J connectivity index is 1.96. The molecule has 0 spiro atoms. The van der Waals surface area contributed by atoms with Gasteiger partial charge in [-0.25, -0.2) is 0 Å². The van der Waals surface area contributed by atoms with Gasteiger partial charge in [-0.2, -0.15) is 0 Å². The molecule has 0 saturated heterocycles. The van der Waals surface area contributed by atoms with Crippen molar-refractivity contribution in [1.29, 1.82) is 0 Å². The van der Waals surface area contributed by atoms with Crippen LogP contribution >= 0.6 is 0 Å². The lowest BCUT2D eigenvalue weighted by Crippen LogP contribution is -2.23. The van der Waals surface area contributed by atoms with Crippen LogP contribution in [0.5, 0.6) is 0 Å². The van der Waals surface area contributed by atoms with Crippen LogP contribution in [0.25, 0.3) is 0 Å². The van der Waals surface area contributed by atoms with Gasteiger partial charge in [-0.05, 0) is 49.3 Å². The summed E-state index contributed by atoms with van der Waals surface area (Å²) in [4.78, 5) is 14.3. The number of nitrogens with one attached hydrogen (secondary N) is 1. The quantitative estimate of drug-likeness (QED) is 0.887. The first kappa shape index (κ1) is 16.2. The molecule has 0 aliphatic rings. The summed E-state index contributed by atoms with van der Waals surface area (Å²) in [5, 5.41) is 2.98. The van der Waals surface area contributed by atoms with E-state index >= 15 is 0 Å². The molecule has 0 aliphatic heterocycles. The number of benzene rings is 2. The average Bonchev–Trinajstić information content (AvgIpc) is 2.52. The summed E-state index contributed by atoms with van der Waals surface area (Å²) in [6.07, 6.45) is 1.03. The molecule has 1 N–H and O–H groups in total. The van der Waals surface area contributed by atoms with Gasteiger partial charge in [0.25, 0.3) is 5.91 Å². The van der Waals surface area contributed by atoms with Gasteiger partial charge in [-0.3, -0.25) is 4.79 Å². The Morgan fingerprint density at radius 3 is 2.32 bits per heavy atom. The number of aryl methyl sites for hydroxylation is 1. The Hall–Kier alpha value is -2.13. The van der Waals surface area contributed by atoms with Gasteiger partial charge in [0.2, 0.25) is 0 Å². The SMILES string of the molecule is CCc1ccc(CNC(=O)c2cccc(CN(C)C)c2)cc1. The summed E-state index contributed by atoms with van der Waals surface area (Å²) in [5.41, 5.74) is 4.29. The zero-order chi connectivity index (χ0) is 15.9. The van der Waals surface area contributed by atoms with Crippen LogP contribution in [0, 0.1) is 0 Å². The highest BCUT2D eigenvalue weighted by Crippen LogP contribution is 2.08. The van der Waals surface area contributed by atoms with Crippen molar-refractivity contribution in [2.24, 2.45) is 0 Å². The van der Waals surface area contributed by atoms with Crippen molar-refractivity contribution >= 4 is 5.91 Å². The molecule has 2 aromatic rings.